The van der Waals surface area contributed by atoms with E-state index in [1.807, 2.05) is 19.1 Å². The molecule has 5 nitrogen and oxygen atoms in total. The van der Waals surface area contributed by atoms with Crippen molar-refractivity contribution in [3.05, 3.63) is 65.2 Å². The molecule has 1 heterocycles. The first-order valence-corrected chi connectivity index (χ1v) is 9.95. The van der Waals surface area contributed by atoms with Crippen LogP contribution in [0, 0.1) is 12.8 Å². The molecule has 0 saturated carbocycles. The summed E-state index contributed by atoms with van der Waals surface area (Å²) in [6, 6.07) is 10.8. The van der Waals surface area contributed by atoms with E-state index in [-0.39, 0.29) is 17.5 Å². The van der Waals surface area contributed by atoms with Crippen molar-refractivity contribution in [2.45, 2.75) is 46.5 Å². The zero-order chi connectivity index (χ0) is 20.4. The summed E-state index contributed by atoms with van der Waals surface area (Å²) in [6.45, 7) is 6.75. The summed E-state index contributed by atoms with van der Waals surface area (Å²) in [6.07, 6.45) is 7.46. The van der Waals surface area contributed by atoms with Crippen molar-refractivity contribution in [1.29, 1.82) is 0 Å². The third-order valence-electron chi connectivity index (χ3n) is 4.81. The monoisotopic (exact) mass is 382 g/mol. The molecule has 0 aliphatic carbocycles. The fourth-order valence-corrected chi connectivity index (χ4v) is 2.97. The molecule has 0 aliphatic rings. The number of aryl methyl sites for hydroxylation is 1. The van der Waals surface area contributed by atoms with Crippen LogP contribution in [0.1, 0.15) is 61.2 Å². The van der Waals surface area contributed by atoms with Crippen molar-refractivity contribution in [2.75, 3.05) is 6.54 Å². The second-order valence-electron chi connectivity index (χ2n) is 6.97. The number of benzene rings is 1. The first-order valence-electron chi connectivity index (χ1n) is 9.95. The van der Waals surface area contributed by atoms with Crippen molar-refractivity contribution in [3.63, 3.8) is 0 Å². The second kappa shape index (κ2) is 11.1. The third-order valence-corrected chi connectivity index (χ3v) is 4.81. The van der Waals surface area contributed by atoms with Gasteiger partial charge in [0.05, 0.1) is 6.26 Å². The Morgan fingerprint density at radius 1 is 1.14 bits per heavy atom. The molecule has 28 heavy (non-hydrogen) atoms. The minimum atomic E-state index is -0.316. The van der Waals surface area contributed by atoms with Crippen LogP contribution in [0.15, 0.2) is 52.8 Å². The summed E-state index contributed by atoms with van der Waals surface area (Å²) in [7, 11) is 0. The SMILES string of the molecule is CCCC[C@@H](CC)CNC(=O)/C(=C/c1ccco1)NC(=O)c1ccccc1C. The Kier molecular flexibility index (Phi) is 8.53. The number of unbranched alkanes of at least 4 members (excludes halogenated alkanes) is 1. The summed E-state index contributed by atoms with van der Waals surface area (Å²) >= 11 is 0. The van der Waals surface area contributed by atoms with Crippen LogP contribution in [0.2, 0.25) is 0 Å². The van der Waals surface area contributed by atoms with Crippen LogP contribution >= 0.6 is 0 Å². The minimum Gasteiger partial charge on any atom is -0.465 e. The Morgan fingerprint density at radius 2 is 1.93 bits per heavy atom. The van der Waals surface area contributed by atoms with Gasteiger partial charge in [0.15, 0.2) is 0 Å². The highest BCUT2D eigenvalue weighted by atomic mass is 16.3. The van der Waals surface area contributed by atoms with E-state index in [0.29, 0.717) is 23.8 Å². The Bertz CT molecular complexity index is 794. The zero-order valence-corrected chi connectivity index (χ0v) is 17.0. The van der Waals surface area contributed by atoms with Crippen LogP contribution in [0.3, 0.4) is 0 Å². The van der Waals surface area contributed by atoms with Gasteiger partial charge < -0.3 is 15.1 Å². The predicted molar refractivity (Wildman–Crippen MR) is 112 cm³/mol. The maximum atomic E-state index is 12.8. The van der Waals surface area contributed by atoms with Crippen LogP contribution in [0.5, 0.6) is 0 Å². The van der Waals surface area contributed by atoms with E-state index in [9.17, 15) is 9.59 Å². The Labute approximate surface area is 167 Å². The lowest BCUT2D eigenvalue weighted by molar-refractivity contribution is -0.117. The number of hydrogen-bond donors (Lipinski definition) is 2. The minimum absolute atomic E-state index is 0.175. The van der Waals surface area contributed by atoms with Gasteiger partial charge in [0.2, 0.25) is 0 Å². The predicted octanol–water partition coefficient (Wildman–Crippen LogP) is 4.69. The van der Waals surface area contributed by atoms with Crippen molar-refractivity contribution >= 4 is 17.9 Å². The van der Waals surface area contributed by atoms with Gasteiger partial charge in [-0.3, -0.25) is 9.59 Å². The van der Waals surface area contributed by atoms with Gasteiger partial charge in [-0.15, -0.1) is 0 Å². The number of nitrogens with one attached hydrogen (secondary N) is 2. The van der Waals surface area contributed by atoms with E-state index in [0.717, 1.165) is 31.2 Å². The molecule has 1 atom stereocenters. The van der Waals surface area contributed by atoms with E-state index >= 15 is 0 Å². The normalized spacial score (nSPS) is 12.5. The fraction of sp³-hybridized carbons (Fsp3) is 0.391. The number of furan rings is 1. The van der Waals surface area contributed by atoms with Gasteiger partial charge in [0.25, 0.3) is 11.8 Å². The quantitative estimate of drug-likeness (QED) is 0.586. The average Bonchev–Trinajstić information content (AvgIpc) is 3.21. The first kappa shape index (κ1) is 21.5. The fourth-order valence-electron chi connectivity index (χ4n) is 2.97. The molecule has 2 aromatic rings. The summed E-state index contributed by atoms with van der Waals surface area (Å²) in [5, 5.41) is 5.71. The molecule has 150 valence electrons. The number of carbonyl (C=O) groups excluding carboxylic acids is 2. The molecule has 0 radical (unpaired) electrons. The van der Waals surface area contributed by atoms with E-state index < -0.39 is 0 Å². The summed E-state index contributed by atoms with van der Waals surface area (Å²) < 4.78 is 5.32. The molecule has 0 bridgehead atoms. The highest BCUT2D eigenvalue weighted by Gasteiger charge is 2.17. The summed E-state index contributed by atoms with van der Waals surface area (Å²) in [5.74, 6) is 0.312. The molecule has 0 spiro atoms. The number of amides is 2. The van der Waals surface area contributed by atoms with Crippen LogP contribution < -0.4 is 10.6 Å². The van der Waals surface area contributed by atoms with Gasteiger partial charge in [-0.1, -0.05) is 51.3 Å². The molecule has 5 heteroatoms. The smallest absolute Gasteiger partial charge is 0.267 e. The van der Waals surface area contributed by atoms with Gasteiger partial charge in [-0.2, -0.15) is 0 Å². The summed E-state index contributed by atoms with van der Waals surface area (Å²) in [4.78, 5) is 25.5. The topological polar surface area (TPSA) is 71.3 Å². The van der Waals surface area contributed by atoms with Gasteiger partial charge in [-0.05, 0) is 43.0 Å². The lowest BCUT2D eigenvalue weighted by Gasteiger charge is -2.17. The molecule has 0 saturated heterocycles. The molecule has 1 aromatic heterocycles. The average molecular weight is 383 g/mol. The van der Waals surface area contributed by atoms with E-state index in [1.165, 1.54) is 6.26 Å². The Morgan fingerprint density at radius 3 is 2.57 bits per heavy atom. The molecule has 1 aromatic carbocycles. The van der Waals surface area contributed by atoms with Crippen LogP contribution in [0.25, 0.3) is 6.08 Å². The van der Waals surface area contributed by atoms with Crippen molar-refractivity contribution in [3.8, 4) is 0 Å². The third kappa shape index (κ3) is 6.41. The van der Waals surface area contributed by atoms with Gasteiger partial charge in [0.1, 0.15) is 11.5 Å². The largest absolute Gasteiger partial charge is 0.465 e. The Balaban J connectivity index is 2.12. The van der Waals surface area contributed by atoms with Gasteiger partial charge in [-0.25, -0.2) is 0 Å². The molecule has 2 amide bonds. The molecule has 0 aliphatic heterocycles. The van der Waals surface area contributed by atoms with Gasteiger partial charge >= 0.3 is 0 Å². The number of hydrogen-bond acceptors (Lipinski definition) is 3. The van der Waals surface area contributed by atoms with Crippen molar-refractivity contribution < 1.29 is 14.0 Å². The summed E-state index contributed by atoms with van der Waals surface area (Å²) in [5.41, 5.74) is 1.56. The maximum Gasteiger partial charge on any atom is 0.267 e. The molecule has 0 unspecified atom stereocenters. The van der Waals surface area contributed by atoms with Crippen molar-refractivity contribution in [1.82, 2.24) is 10.6 Å². The number of rotatable bonds is 10. The van der Waals surface area contributed by atoms with Gasteiger partial charge in [0, 0.05) is 18.2 Å². The molecular formula is C23H30N2O3. The Hall–Kier alpha value is -2.82. The lowest BCUT2D eigenvalue weighted by Crippen LogP contribution is -2.37. The van der Waals surface area contributed by atoms with Crippen LogP contribution in [-0.4, -0.2) is 18.4 Å². The van der Waals surface area contributed by atoms with E-state index in [4.69, 9.17) is 4.42 Å². The molecule has 0 fully saturated rings. The van der Waals surface area contributed by atoms with Crippen LogP contribution in [0.4, 0.5) is 0 Å². The zero-order valence-electron chi connectivity index (χ0n) is 17.0. The molecular weight excluding hydrogens is 352 g/mol. The van der Waals surface area contributed by atoms with Crippen molar-refractivity contribution in [2.24, 2.45) is 5.92 Å². The second-order valence-corrected chi connectivity index (χ2v) is 6.97. The molecule has 2 N–H and O–H groups in total. The first-order chi connectivity index (χ1) is 13.5. The molecule has 2 rings (SSSR count). The highest BCUT2D eigenvalue weighted by molar-refractivity contribution is 6.05. The number of carbonyl (C=O) groups is 2. The maximum absolute atomic E-state index is 12.8. The standard InChI is InChI=1S/C23H30N2O3/c1-4-6-11-18(5-2)16-24-23(27)21(15-19-12-9-14-28-19)25-22(26)20-13-8-7-10-17(20)3/h7-10,12-15,18H,4-6,11,16H2,1-3H3,(H,24,27)(H,25,26)/b21-15-/t18-/m1/s1. The lowest BCUT2D eigenvalue weighted by atomic mass is 9.99. The van der Waals surface area contributed by atoms with Crippen LogP contribution in [-0.2, 0) is 4.79 Å². The highest BCUT2D eigenvalue weighted by Crippen LogP contribution is 2.13. The van der Waals surface area contributed by atoms with E-state index in [2.05, 4.69) is 24.5 Å². The van der Waals surface area contributed by atoms with E-state index in [1.54, 1.807) is 30.3 Å².